The van der Waals surface area contributed by atoms with Crippen molar-refractivity contribution in [2.45, 2.75) is 64.2 Å². The van der Waals surface area contributed by atoms with Crippen molar-refractivity contribution in [1.29, 1.82) is 0 Å². The Morgan fingerprint density at radius 2 is 1.50 bits per heavy atom. The predicted molar refractivity (Wildman–Crippen MR) is 172 cm³/mol. The molecule has 3 aliphatic rings. The van der Waals surface area contributed by atoms with Gasteiger partial charge in [-0.2, -0.15) is 8.42 Å². The number of Topliss-reactive ketones (excluding diaryl/α,β-unsaturated/α-hetero) is 2. The molecule has 12 heteroatoms. The van der Waals surface area contributed by atoms with Gasteiger partial charge in [0.1, 0.15) is 11.4 Å². The Labute approximate surface area is 275 Å². The summed E-state index contributed by atoms with van der Waals surface area (Å²) < 4.78 is 37.9. The Balaban J connectivity index is 1.70. The molecule has 0 saturated carbocycles. The lowest BCUT2D eigenvalue weighted by Crippen LogP contribution is -2.45. The Morgan fingerprint density at radius 1 is 0.977 bits per heavy atom. The van der Waals surface area contributed by atoms with E-state index in [-0.39, 0.29) is 47.3 Å². The van der Waals surface area contributed by atoms with Gasteiger partial charge in [-0.3, -0.25) is 14.4 Å². The van der Waals surface area contributed by atoms with Gasteiger partial charge in [-0.05, 0) is 88.2 Å². The van der Waals surface area contributed by atoms with Crippen molar-refractivity contribution in [3.63, 3.8) is 0 Å². The summed E-state index contributed by atoms with van der Waals surface area (Å²) in [7, 11) is -2.88. The molecule has 1 heterocycles. The monoisotopic (exact) mass is 753 g/mol. The van der Waals surface area contributed by atoms with E-state index in [1.54, 1.807) is 17.0 Å². The normalized spacial score (nSPS) is 19.9. The van der Waals surface area contributed by atoms with Gasteiger partial charge in [-0.15, -0.1) is 0 Å². The lowest BCUT2D eigenvalue weighted by atomic mass is 9.63. The van der Waals surface area contributed by atoms with Crippen LogP contribution in [0.25, 0.3) is 0 Å². The van der Waals surface area contributed by atoms with Crippen molar-refractivity contribution in [3.8, 4) is 11.5 Å². The van der Waals surface area contributed by atoms with E-state index in [4.69, 9.17) is 20.5 Å². The molecule has 0 spiro atoms. The van der Waals surface area contributed by atoms with E-state index in [0.29, 0.717) is 49.5 Å². The van der Waals surface area contributed by atoms with Crippen molar-refractivity contribution in [2.24, 2.45) is 10.8 Å². The van der Waals surface area contributed by atoms with E-state index < -0.39 is 32.8 Å². The number of ether oxygens (including phenoxy) is 1. The number of allylic oxidation sites excluding steroid dienone is 4. The number of halogens is 2. The molecule has 0 fully saturated rings. The fourth-order valence-corrected chi connectivity index (χ4v) is 8.42. The molecule has 0 atom stereocenters. The maximum Gasteiger partial charge on any atom is 0.339 e. The smallest absolute Gasteiger partial charge is 0.339 e. The Morgan fingerprint density at radius 3 is 1.98 bits per heavy atom. The molecule has 44 heavy (non-hydrogen) atoms. The maximum absolute atomic E-state index is 13.9. The number of aliphatic carboxylic acids is 1. The second kappa shape index (κ2) is 11.5. The fourth-order valence-electron chi connectivity index (χ4n) is 6.45. The predicted octanol–water partition coefficient (Wildman–Crippen LogP) is 6.49. The van der Waals surface area contributed by atoms with Crippen LogP contribution < -0.4 is 8.92 Å². The van der Waals surface area contributed by atoms with Gasteiger partial charge in [-0.1, -0.05) is 39.3 Å². The molecule has 2 aromatic carbocycles. The van der Waals surface area contributed by atoms with Gasteiger partial charge in [0.2, 0.25) is 0 Å². The highest BCUT2D eigenvalue weighted by Gasteiger charge is 2.49. The molecule has 234 valence electrons. The first-order valence-corrected chi connectivity index (χ1v) is 16.9. The second-order valence-electron chi connectivity index (χ2n) is 13.0. The number of ketones is 2. The molecular weight excluding hydrogens is 721 g/mol. The van der Waals surface area contributed by atoms with E-state index in [9.17, 15) is 27.9 Å². The number of carbonyl (C=O) groups excluding carboxylic acids is 2. The summed E-state index contributed by atoms with van der Waals surface area (Å²) >= 11 is 7.88. The van der Waals surface area contributed by atoms with Crippen molar-refractivity contribution in [3.05, 3.63) is 73.1 Å². The second-order valence-corrected chi connectivity index (χ2v) is 16.2. The summed E-state index contributed by atoms with van der Waals surface area (Å²) in [6, 6.07) is 8.86. The zero-order valence-electron chi connectivity index (χ0n) is 25.0. The van der Waals surface area contributed by atoms with Crippen LogP contribution in [0.15, 0.2) is 63.8 Å². The van der Waals surface area contributed by atoms with Gasteiger partial charge in [0, 0.05) is 46.3 Å². The highest BCUT2D eigenvalue weighted by atomic mass is 127. The number of rotatable bonds is 7. The van der Waals surface area contributed by atoms with E-state index in [1.165, 1.54) is 31.4 Å². The summed E-state index contributed by atoms with van der Waals surface area (Å²) in [5, 5.41) is 10.3. The van der Waals surface area contributed by atoms with Crippen LogP contribution in [-0.2, 0) is 24.5 Å². The summed E-state index contributed by atoms with van der Waals surface area (Å²) in [6.07, 6.45) is 1.39. The quantitative estimate of drug-likeness (QED) is 0.249. The SMILES string of the molecule is COc1cc(C2C3=C(CC(C)(C)CC3=O)N(CC(=O)O)C3=C2C(=O)CC(C)(C)C3)cc(I)c1OS(=O)(=O)c1ccc(Cl)cc1. The Hall–Kier alpha value is -2.90. The summed E-state index contributed by atoms with van der Waals surface area (Å²) in [5.41, 5.74) is 1.76. The number of hydrogen-bond donors (Lipinski definition) is 1. The molecule has 1 aliphatic heterocycles. The molecule has 1 N–H and O–H groups in total. The molecule has 5 rings (SSSR count). The van der Waals surface area contributed by atoms with Gasteiger partial charge < -0.3 is 18.9 Å². The van der Waals surface area contributed by atoms with Gasteiger partial charge >= 0.3 is 16.1 Å². The van der Waals surface area contributed by atoms with Gasteiger partial charge in [0.05, 0.1) is 10.7 Å². The molecular formula is C32H33ClINO8S. The average molecular weight is 754 g/mol. The van der Waals surface area contributed by atoms with Crippen molar-refractivity contribution in [1.82, 2.24) is 4.90 Å². The average Bonchev–Trinajstić information content (AvgIpc) is 2.89. The largest absolute Gasteiger partial charge is 0.493 e. The third-order valence-electron chi connectivity index (χ3n) is 8.20. The third kappa shape index (κ3) is 6.15. The first-order valence-electron chi connectivity index (χ1n) is 14.0. The molecule has 0 unspecified atom stereocenters. The molecule has 9 nitrogen and oxygen atoms in total. The molecule has 2 aliphatic carbocycles. The zero-order chi connectivity index (χ0) is 32.4. The molecule has 2 aromatic rings. The van der Waals surface area contributed by atoms with Gasteiger partial charge in [0.25, 0.3) is 0 Å². The minimum absolute atomic E-state index is 0.0364. The standard InChI is InChI=1S/C32H33ClINO8S/c1-31(2)12-21-28(23(36)14-31)27(29-22(35(21)16-26(38)39)13-32(3,4)15-24(29)37)17-10-20(34)30(25(11-17)42-5)43-44(40,41)19-8-6-18(33)7-9-19/h6-11,27H,12-16H2,1-5H3,(H,38,39). The van der Waals surface area contributed by atoms with Gasteiger partial charge in [0.15, 0.2) is 23.1 Å². The molecule has 0 aromatic heterocycles. The van der Waals surface area contributed by atoms with Crippen LogP contribution in [0.2, 0.25) is 5.02 Å². The summed E-state index contributed by atoms with van der Waals surface area (Å²) in [5.74, 6) is -2.07. The first kappa shape index (κ1) is 32.5. The number of benzene rings is 2. The number of hydrogen-bond acceptors (Lipinski definition) is 8. The fraction of sp³-hybridized carbons (Fsp3) is 0.406. The van der Waals surface area contributed by atoms with Crippen molar-refractivity contribution in [2.75, 3.05) is 13.7 Å². The van der Waals surface area contributed by atoms with Crippen LogP contribution in [0, 0.1) is 14.4 Å². The van der Waals surface area contributed by atoms with Gasteiger partial charge in [-0.25, -0.2) is 0 Å². The minimum atomic E-state index is -4.26. The zero-order valence-corrected chi connectivity index (χ0v) is 28.7. The van der Waals surface area contributed by atoms with Crippen LogP contribution in [0.4, 0.5) is 0 Å². The molecule has 0 saturated heterocycles. The minimum Gasteiger partial charge on any atom is -0.493 e. The lowest BCUT2D eigenvalue weighted by Gasteiger charge is -2.48. The van der Waals surface area contributed by atoms with E-state index in [2.05, 4.69) is 0 Å². The first-order chi connectivity index (χ1) is 20.4. The lowest BCUT2D eigenvalue weighted by molar-refractivity contribution is -0.138. The number of methoxy groups -OCH3 is 1. The van der Waals surface area contributed by atoms with Crippen LogP contribution in [0.5, 0.6) is 11.5 Å². The van der Waals surface area contributed by atoms with Crippen LogP contribution >= 0.6 is 34.2 Å². The number of carboxylic acid groups (broad SMARTS) is 1. The number of carbonyl (C=O) groups is 3. The molecule has 0 amide bonds. The maximum atomic E-state index is 13.9. The number of carboxylic acids is 1. The topological polar surface area (TPSA) is 127 Å². The highest BCUT2D eigenvalue weighted by Crippen LogP contribution is 2.55. The van der Waals surface area contributed by atoms with Crippen molar-refractivity contribution < 1.29 is 36.8 Å². The number of nitrogens with zero attached hydrogens (tertiary/aromatic N) is 1. The van der Waals surface area contributed by atoms with E-state index in [1.807, 2.05) is 50.3 Å². The molecule has 0 bridgehead atoms. The van der Waals surface area contributed by atoms with Crippen LogP contribution in [0.1, 0.15) is 64.9 Å². The summed E-state index contributed by atoms with van der Waals surface area (Å²) in [6.45, 7) is 7.53. The molecule has 0 radical (unpaired) electrons. The van der Waals surface area contributed by atoms with Crippen LogP contribution in [-0.4, -0.2) is 49.6 Å². The van der Waals surface area contributed by atoms with Crippen LogP contribution in [0.3, 0.4) is 0 Å². The Bertz CT molecular complexity index is 1700. The van der Waals surface area contributed by atoms with E-state index >= 15 is 0 Å². The summed E-state index contributed by atoms with van der Waals surface area (Å²) in [4.78, 5) is 41.6. The highest BCUT2D eigenvalue weighted by molar-refractivity contribution is 14.1. The van der Waals surface area contributed by atoms with Crippen molar-refractivity contribution >= 4 is 61.8 Å². The Kier molecular flexibility index (Phi) is 8.47. The van der Waals surface area contributed by atoms with E-state index in [0.717, 1.165) is 0 Å². The third-order valence-corrected chi connectivity index (χ3v) is 10.5.